The highest BCUT2D eigenvalue weighted by Gasteiger charge is 2.58. The summed E-state index contributed by atoms with van der Waals surface area (Å²) >= 11 is 0. The predicted molar refractivity (Wildman–Crippen MR) is 130 cm³/mol. The van der Waals surface area contributed by atoms with Crippen LogP contribution in [0.5, 0.6) is 0 Å². The van der Waals surface area contributed by atoms with Crippen LogP contribution in [0.4, 0.5) is 22.8 Å². The Bertz CT molecular complexity index is 1110. The first-order chi connectivity index (χ1) is 17.6. The molecule has 4 aliphatic rings. The van der Waals surface area contributed by atoms with Crippen molar-refractivity contribution in [3.63, 3.8) is 0 Å². The van der Waals surface area contributed by atoms with E-state index in [1.807, 2.05) is 0 Å². The van der Waals surface area contributed by atoms with Crippen LogP contribution in [0.15, 0.2) is 12.3 Å². The van der Waals surface area contributed by atoms with Crippen molar-refractivity contribution < 1.29 is 37.0 Å². The van der Waals surface area contributed by atoms with Crippen LogP contribution in [0.1, 0.15) is 62.0 Å². The van der Waals surface area contributed by atoms with E-state index in [4.69, 9.17) is 4.74 Å². The van der Waals surface area contributed by atoms with Crippen LogP contribution in [-0.4, -0.2) is 71.2 Å². The van der Waals surface area contributed by atoms with Gasteiger partial charge in [-0.3, -0.25) is 4.79 Å². The van der Waals surface area contributed by atoms with Crippen LogP contribution in [-0.2, 0) is 15.7 Å². The molecule has 2 N–H and O–H groups in total. The minimum Gasteiger partial charge on any atom is -0.453 e. The molecule has 0 aromatic carbocycles. The van der Waals surface area contributed by atoms with E-state index in [-0.39, 0.29) is 17.9 Å². The number of nitrogens with one attached hydrogen (secondary N) is 2. The molecule has 5 rings (SSSR count). The molecule has 0 radical (unpaired) electrons. The van der Waals surface area contributed by atoms with Crippen molar-refractivity contribution >= 4 is 24.3 Å². The maximum absolute atomic E-state index is 14.1. The van der Waals surface area contributed by atoms with Gasteiger partial charge in [0, 0.05) is 26.3 Å². The fraction of sp³-hybridized carbons (Fsp3) is 0.680. The van der Waals surface area contributed by atoms with Crippen molar-refractivity contribution in [1.29, 1.82) is 0 Å². The number of aromatic nitrogens is 2. The molecule has 4 aliphatic carbocycles. The van der Waals surface area contributed by atoms with Crippen LogP contribution in [0.25, 0.3) is 6.20 Å². The molecule has 0 saturated heterocycles. The number of hydrogen-bond acceptors (Lipinski definition) is 6. The summed E-state index contributed by atoms with van der Waals surface area (Å²) in [5, 5.41) is 9.14. The number of methoxy groups -OCH3 is 1. The summed E-state index contributed by atoms with van der Waals surface area (Å²) in [4.78, 5) is 38.4. The topological polar surface area (TPSA) is 115 Å². The molecule has 3 amide bonds. The predicted octanol–water partition coefficient (Wildman–Crippen LogP) is 3.88. The molecular weight excluding hydrogens is 507 g/mol. The van der Waals surface area contributed by atoms with Gasteiger partial charge in [0.05, 0.1) is 24.4 Å². The summed E-state index contributed by atoms with van der Waals surface area (Å²) in [5.74, 6) is -0.471. The third-order valence-electron chi connectivity index (χ3n) is 7.73. The Balaban J connectivity index is 1.52. The third kappa shape index (κ3) is 5.60. The average molecular weight is 542 g/mol. The largest absolute Gasteiger partial charge is 0.453 e. The Morgan fingerprint density at radius 2 is 1.79 bits per heavy atom. The molecule has 10 nitrogen and oxygen atoms in total. The van der Waals surface area contributed by atoms with Gasteiger partial charge in [-0.1, -0.05) is 0 Å². The molecule has 0 spiro atoms. The zero-order valence-corrected chi connectivity index (χ0v) is 22.1. The molecule has 38 heavy (non-hydrogen) atoms. The van der Waals surface area contributed by atoms with Crippen LogP contribution in [0.2, 0.25) is 0 Å². The van der Waals surface area contributed by atoms with E-state index in [0.717, 1.165) is 31.7 Å². The summed E-state index contributed by atoms with van der Waals surface area (Å²) in [5.41, 5.74) is -3.42. The second kappa shape index (κ2) is 9.81. The Labute approximate surface area is 218 Å². The van der Waals surface area contributed by atoms with Crippen LogP contribution >= 0.6 is 0 Å². The monoisotopic (exact) mass is 541 g/mol. The number of alkyl halides is 3. The first-order valence-corrected chi connectivity index (χ1v) is 12.5. The quantitative estimate of drug-likeness (QED) is 0.565. The van der Waals surface area contributed by atoms with Crippen molar-refractivity contribution in [3.8, 4) is 0 Å². The minimum absolute atomic E-state index is 0.00892. The fourth-order valence-corrected chi connectivity index (χ4v) is 6.35. The van der Waals surface area contributed by atoms with Gasteiger partial charge in [0.25, 0.3) is 5.91 Å². The lowest BCUT2D eigenvalue weighted by atomic mass is 9.52. The van der Waals surface area contributed by atoms with E-state index < -0.39 is 46.7 Å². The molecule has 13 heteroatoms. The lowest BCUT2D eigenvalue weighted by molar-refractivity contribution is -0.143. The van der Waals surface area contributed by atoms with Crippen molar-refractivity contribution in [2.75, 3.05) is 21.2 Å². The normalized spacial score (nSPS) is 28.3. The third-order valence-corrected chi connectivity index (χ3v) is 7.73. The van der Waals surface area contributed by atoms with E-state index >= 15 is 0 Å². The number of hydrogen-bond donors (Lipinski definition) is 2. The molecule has 2 unspecified atom stereocenters. The van der Waals surface area contributed by atoms with E-state index in [9.17, 15) is 27.6 Å². The molecule has 2 atom stereocenters. The smallest absolute Gasteiger partial charge is 0.434 e. The molecule has 4 fully saturated rings. The summed E-state index contributed by atoms with van der Waals surface area (Å²) in [6.45, 7) is 3.14. The molecule has 4 bridgehead atoms. The van der Waals surface area contributed by atoms with Gasteiger partial charge < -0.3 is 25.0 Å². The summed E-state index contributed by atoms with van der Waals surface area (Å²) in [6.07, 6.45) is 0.847. The van der Waals surface area contributed by atoms with Crippen LogP contribution in [0, 0.1) is 17.8 Å². The molecule has 0 aliphatic heterocycles. The molecule has 1 heterocycles. The van der Waals surface area contributed by atoms with Gasteiger partial charge in [-0.2, -0.15) is 18.3 Å². The van der Waals surface area contributed by atoms with Gasteiger partial charge in [-0.15, -0.1) is 0 Å². The second-order valence-corrected chi connectivity index (χ2v) is 11.4. The highest BCUT2D eigenvalue weighted by Crippen LogP contribution is 2.57. The highest BCUT2D eigenvalue weighted by atomic mass is 19.4. The summed E-state index contributed by atoms with van der Waals surface area (Å²) < 4.78 is 53.2. The molecule has 4 saturated carbocycles. The Morgan fingerprint density at radius 3 is 2.34 bits per heavy atom. The van der Waals surface area contributed by atoms with E-state index in [1.165, 1.54) is 18.1 Å². The highest BCUT2D eigenvalue weighted by molar-refractivity contribution is 5.95. The average Bonchev–Trinajstić information content (AvgIpc) is 3.24. The van der Waals surface area contributed by atoms with Gasteiger partial charge in [0.1, 0.15) is 5.60 Å². The van der Waals surface area contributed by atoms with Crippen LogP contribution in [0.3, 0.4) is 0 Å². The summed E-state index contributed by atoms with van der Waals surface area (Å²) in [6, 6.07) is -0.312. The molecule has 1 aromatic heterocycles. The van der Waals surface area contributed by atoms with Crippen LogP contribution < -0.4 is 10.6 Å². The zero-order chi connectivity index (χ0) is 28.0. The standard InChI is InChI=1S/C25H34F3N5O5/c1-23(2,31-21(35)37-5)6-7-33-19(25(26,27)28)17(13-29-33)20(34)30-18-15-8-14-9-16(18)12-24(10-14,11-15)38-22(36)32(3)4/h6-7,13-16,18H,8-12H2,1-5H3,(H,30,34)(H,31,35)/b7-6+. The lowest BCUT2D eigenvalue weighted by Crippen LogP contribution is -2.63. The first kappa shape index (κ1) is 27.8. The zero-order valence-electron chi connectivity index (χ0n) is 22.1. The van der Waals surface area contributed by atoms with Gasteiger partial charge in [0.15, 0.2) is 5.69 Å². The van der Waals surface area contributed by atoms with Gasteiger partial charge in [-0.05, 0) is 69.8 Å². The fourth-order valence-electron chi connectivity index (χ4n) is 6.35. The van der Waals surface area contributed by atoms with Gasteiger partial charge >= 0.3 is 18.4 Å². The molecule has 210 valence electrons. The van der Waals surface area contributed by atoms with Crippen molar-refractivity contribution in [3.05, 3.63) is 23.5 Å². The molecule has 1 aromatic rings. The first-order valence-electron chi connectivity index (χ1n) is 12.5. The number of carbonyl (C=O) groups excluding carboxylic acids is 3. The SMILES string of the molecule is COC(=O)NC(C)(C)/C=C/n1ncc(C(=O)NC2C3CC4CC2CC(OC(=O)N(C)C)(C4)C3)c1C(F)(F)F. The second-order valence-electron chi connectivity index (χ2n) is 11.4. The summed E-state index contributed by atoms with van der Waals surface area (Å²) in [7, 11) is 4.42. The van der Waals surface area contributed by atoms with Crippen molar-refractivity contribution in [2.24, 2.45) is 17.8 Å². The van der Waals surface area contributed by atoms with Gasteiger partial charge in [-0.25, -0.2) is 14.3 Å². The number of carbonyl (C=O) groups is 3. The lowest BCUT2D eigenvalue weighted by Gasteiger charge is -2.59. The van der Waals surface area contributed by atoms with E-state index in [0.29, 0.717) is 23.4 Å². The number of alkyl carbamates (subject to hydrolysis) is 1. The van der Waals surface area contributed by atoms with Crippen molar-refractivity contribution in [2.45, 2.75) is 69.3 Å². The number of halogens is 3. The molecular formula is C25H34F3N5O5. The van der Waals surface area contributed by atoms with E-state index in [2.05, 4.69) is 20.5 Å². The number of ether oxygens (including phenoxy) is 2. The Morgan fingerprint density at radius 1 is 1.16 bits per heavy atom. The van der Waals surface area contributed by atoms with E-state index in [1.54, 1.807) is 27.9 Å². The Kier molecular flexibility index (Phi) is 7.17. The maximum atomic E-state index is 14.1. The van der Waals surface area contributed by atoms with Gasteiger partial charge in [0.2, 0.25) is 0 Å². The minimum atomic E-state index is -4.86. The maximum Gasteiger partial charge on any atom is 0.434 e. The number of amides is 3. The van der Waals surface area contributed by atoms with Crippen molar-refractivity contribution in [1.82, 2.24) is 25.3 Å². The number of rotatable bonds is 6. The Hall–Kier alpha value is -3.25. The number of nitrogens with zero attached hydrogens (tertiary/aromatic N) is 3.